The molecule has 0 radical (unpaired) electrons. The van der Waals surface area contributed by atoms with Gasteiger partial charge in [-0.25, -0.2) is 4.79 Å². The highest BCUT2D eigenvalue weighted by Gasteiger charge is 2.13. The number of benzene rings is 2. The van der Waals surface area contributed by atoms with E-state index in [1.807, 2.05) is 12.1 Å². The predicted molar refractivity (Wildman–Crippen MR) is 101 cm³/mol. The van der Waals surface area contributed by atoms with Gasteiger partial charge in [-0.2, -0.15) is 5.26 Å². The molecule has 6 heteroatoms. The van der Waals surface area contributed by atoms with Crippen molar-refractivity contribution in [3.63, 3.8) is 0 Å². The van der Waals surface area contributed by atoms with Crippen LogP contribution >= 0.6 is 11.6 Å². The van der Waals surface area contributed by atoms with Gasteiger partial charge in [0.2, 0.25) is 0 Å². The van der Waals surface area contributed by atoms with Crippen LogP contribution in [-0.2, 0) is 0 Å². The summed E-state index contributed by atoms with van der Waals surface area (Å²) in [5.74, 6) is 1.19. The number of hydrogen-bond acceptors (Lipinski definition) is 5. The fraction of sp³-hybridized carbons (Fsp3) is 0.100. The summed E-state index contributed by atoms with van der Waals surface area (Å²) in [7, 11) is 3.11. The number of nitriles is 1. The monoisotopic (exact) mass is 367 g/mol. The molecule has 0 spiro atoms. The van der Waals surface area contributed by atoms with Gasteiger partial charge in [0.25, 0.3) is 0 Å². The van der Waals surface area contributed by atoms with Crippen LogP contribution < -0.4 is 15.1 Å². The molecule has 0 N–H and O–H groups in total. The molecular weight excluding hydrogens is 354 g/mol. The zero-order valence-electron chi connectivity index (χ0n) is 14.1. The highest BCUT2D eigenvalue weighted by molar-refractivity contribution is 6.31. The number of fused-ring (bicyclic) bond motifs is 1. The Bertz CT molecular complexity index is 1110. The third kappa shape index (κ3) is 3.28. The zero-order chi connectivity index (χ0) is 18.7. The van der Waals surface area contributed by atoms with Crippen molar-refractivity contribution in [2.75, 3.05) is 14.2 Å². The molecule has 26 heavy (non-hydrogen) atoms. The van der Waals surface area contributed by atoms with E-state index in [-0.39, 0.29) is 5.56 Å². The van der Waals surface area contributed by atoms with E-state index in [9.17, 15) is 10.1 Å². The second kappa shape index (κ2) is 7.34. The standard InChI is InChI=1S/C20H14ClNO4/c1-24-18-7-4-12(9-19(18)25-2)3-6-14-15-10-13(21)5-8-17(15)26-20(23)16(14)11-22/h3-10H,1-2H3/b6-3+. The molecule has 0 saturated heterocycles. The number of halogens is 1. The molecule has 0 saturated carbocycles. The first-order valence-corrected chi connectivity index (χ1v) is 8.01. The summed E-state index contributed by atoms with van der Waals surface area (Å²) in [6, 6.07) is 12.2. The van der Waals surface area contributed by atoms with Crippen molar-refractivity contribution in [3.8, 4) is 17.6 Å². The molecule has 2 aromatic carbocycles. The highest BCUT2D eigenvalue weighted by Crippen LogP contribution is 2.29. The van der Waals surface area contributed by atoms with Gasteiger partial charge in [0.05, 0.1) is 14.2 Å². The van der Waals surface area contributed by atoms with E-state index in [1.165, 1.54) is 0 Å². The summed E-state index contributed by atoms with van der Waals surface area (Å²) < 4.78 is 15.7. The molecule has 0 aliphatic carbocycles. The third-order valence-corrected chi connectivity index (χ3v) is 4.10. The summed E-state index contributed by atoms with van der Waals surface area (Å²) >= 11 is 6.06. The molecule has 3 aromatic rings. The Morgan fingerprint density at radius 1 is 1.08 bits per heavy atom. The SMILES string of the molecule is COc1ccc(/C=C/c2c(C#N)c(=O)oc3ccc(Cl)cc23)cc1OC. The Balaban J connectivity index is 2.16. The van der Waals surface area contributed by atoms with Gasteiger partial charge in [-0.1, -0.05) is 29.8 Å². The smallest absolute Gasteiger partial charge is 0.354 e. The fourth-order valence-corrected chi connectivity index (χ4v) is 2.78. The van der Waals surface area contributed by atoms with Crippen LogP contribution in [0.1, 0.15) is 16.7 Å². The van der Waals surface area contributed by atoms with Gasteiger partial charge in [0.1, 0.15) is 17.2 Å². The van der Waals surface area contributed by atoms with Gasteiger partial charge in [-0.15, -0.1) is 0 Å². The number of methoxy groups -OCH3 is 2. The van der Waals surface area contributed by atoms with Gasteiger partial charge in [0.15, 0.2) is 11.5 Å². The van der Waals surface area contributed by atoms with Crippen molar-refractivity contribution in [1.82, 2.24) is 0 Å². The van der Waals surface area contributed by atoms with Gasteiger partial charge in [-0.3, -0.25) is 0 Å². The third-order valence-electron chi connectivity index (χ3n) is 3.87. The molecule has 0 amide bonds. The zero-order valence-corrected chi connectivity index (χ0v) is 14.8. The second-order valence-corrected chi connectivity index (χ2v) is 5.81. The van der Waals surface area contributed by atoms with E-state index in [0.29, 0.717) is 33.1 Å². The highest BCUT2D eigenvalue weighted by atomic mass is 35.5. The van der Waals surface area contributed by atoms with Crippen LogP contribution in [0.25, 0.3) is 23.1 Å². The summed E-state index contributed by atoms with van der Waals surface area (Å²) in [5, 5.41) is 10.4. The van der Waals surface area contributed by atoms with Crippen LogP contribution in [0.15, 0.2) is 45.6 Å². The molecule has 0 aliphatic rings. The van der Waals surface area contributed by atoms with Crippen molar-refractivity contribution in [2.24, 2.45) is 0 Å². The van der Waals surface area contributed by atoms with Crippen LogP contribution in [0, 0.1) is 11.3 Å². The van der Waals surface area contributed by atoms with E-state index in [4.69, 9.17) is 25.5 Å². The Morgan fingerprint density at radius 2 is 1.85 bits per heavy atom. The molecule has 0 fully saturated rings. The van der Waals surface area contributed by atoms with E-state index in [0.717, 1.165) is 5.56 Å². The van der Waals surface area contributed by atoms with Gasteiger partial charge >= 0.3 is 5.63 Å². The van der Waals surface area contributed by atoms with Crippen LogP contribution in [-0.4, -0.2) is 14.2 Å². The number of hydrogen-bond donors (Lipinski definition) is 0. The topological polar surface area (TPSA) is 72.5 Å². The first-order chi connectivity index (χ1) is 12.6. The van der Waals surface area contributed by atoms with Gasteiger partial charge in [-0.05, 0) is 35.9 Å². The van der Waals surface area contributed by atoms with Crippen LogP contribution in [0.4, 0.5) is 0 Å². The lowest BCUT2D eigenvalue weighted by molar-refractivity contribution is 0.355. The van der Waals surface area contributed by atoms with Gasteiger partial charge in [0, 0.05) is 16.0 Å². The minimum absolute atomic E-state index is 0.0727. The maximum absolute atomic E-state index is 12.1. The summed E-state index contributed by atoms with van der Waals surface area (Å²) in [4.78, 5) is 12.1. The van der Waals surface area contributed by atoms with E-state index in [2.05, 4.69) is 0 Å². The van der Waals surface area contributed by atoms with Crippen LogP contribution in [0.5, 0.6) is 11.5 Å². The maximum Gasteiger partial charge on any atom is 0.354 e. The molecule has 0 unspecified atom stereocenters. The molecule has 1 heterocycles. The van der Waals surface area contributed by atoms with Crippen molar-refractivity contribution in [2.45, 2.75) is 0 Å². The lowest BCUT2D eigenvalue weighted by Crippen LogP contribution is -2.06. The Morgan fingerprint density at radius 3 is 2.54 bits per heavy atom. The van der Waals surface area contributed by atoms with Crippen molar-refractivity contribution in [1.29, 1.82) is 5.26 Å². The number of ether oxygens (including phenoxy) is 2. The summed E-state index contributed by atoms with van der Waals surface area (Å²) in [6.45, 7) is 0. The van der Waals surface area contributed by atoms with Crippen molar-refractivity contribution in [3.05, 3.63) is 68.5 Å². The second-order valence-electron chi connectivity index (χ2n) is 5.38. The molecule has 130 valence electrons. The normalized spacial score (nSPS) is 10.8. The maximum atomic E-state index is 12.1. The van der Waals surface area contributed by atoms with E-state index >= 15 is 0 Å². The Kier molecular flexibility index (Phi) is 4.97. The van der Waals surface area contributed by atoms with E-state index in [1.54, 1.807) is 56.7 Å². The van der Waals surface area contributed by atoms with E-state index < -0.39 is 5.63 Å². The largest absolute Gasteiger partial charge is 0.493 e. The molecular formula is C20H14ClNO4. The fourth-order valence-electron chi connectivity index (χ4n) is 2.61. The number of nitrogens with zero attached hydrogens (tertiary/aromatic N) is 1. The minimum Gasteiger partial charge on any atom is -0.493 e. The van der Waals surface area contributed by atoms with Crippen molar-refractivity contribution < 1.29 is 13.9 Å². The molecule has 1 aromatic heterocycles. The first-order valence-electron chi connectivity index (χ1n) is 7.64. The average Bonchev–Trinajstić information content (AvgIpc) is 2.65. The summed E-state index contributed by atoms with van der Waals surface area (Å²) in [5.41, 5.74) is 0.877. The van der Waals surface area contributed by atoms with Gasteiger partial charge < -0.3 is 13.9 Å². The Hall–Kier alpha value is -3.23. The lowest BCUT2D eigenvalue weighted by Gasteiger charge is -2.08. The summed E-state index contributed by atoms with van der Waals surface area (Å²) in [6.07, 6.45) is 3.47. The Labute approximate surface area is 154 Å². The minimum atomic E-state index is -0.686. The average molecular weight is 368 g/mol. The quantitative estimate of drug-likeness (QED) is 0.634. The predicted octanol–water partition coefficient (Wildman–Crippen LogP) is 4.51. The van der Waals surface area contributed by atoms with Crippen LogP contribution in [0.3, 0.4) is 0 Å². The molecule has 5 nitrogen and oxygen atoms in total. The van der Waals surface area contributed by atoms with Crippen molar-refractivity contribution >= 4 is 34.7 Å². The first kappa shape index (κ1) is 17.6. The lowest BCUT2D eigenvalue weighted by atomic mass is 10.0. The molecule has 0 aliphatic heterocycles. The number of rotatable bonds is 4. The van der Waals surface area contributed by atoms with Crippen LogP contribution in [0.2, 0.25) is 5.02 Å². The molecule has 0 bridgehead atoms. The molecule has 0 atom stereocenters. The molecule has 3 rings (SSSR count).